The first-order chi connectivity index (χ1) is 8.29. The maximum Gasteiger partial charge on any atom is 0.128 e. The van der Waals surface area contributed by atoms with Crippen LogP contribution in [-0.4, -0.2) is 26.0 Å². The second kappa shape index (κ2) is 8.50. The molecule has 0 saturated carbocycles. The van der Waals surface area contributed by atoms with Crippen molar-refractivity contribution in [3.8, 4) is 0 Å². The molecule has 1 aromatic carbocycles. The summed E-state index contributed by atoms with van der Waals surface area (Å²) >= 11 is 1.64. The highest BCUT2D eigenvalue weighted by Crippen LogP contribution is 2.24. The van der Waals surface area contributed by atoms with Crippen molar-refractivity contribution in [2.75, 3.05) is 26.0 Å². The predicted molar refractivity (Wildman–Crippen MR) is 71.0 cm³/mol. The van der Waals surface area contributed by atoms with Gasteiger partial charge in [-0.25, -0.2) is 4.39 Å². The Morgan fingerprint density at radius 1 is 1.41 bits per heavy atom. The number of thioether (sulfide) groups is 1. The number of ether oxygens (including phenoxy) is 1. The number of hydrogen-bond donors (Lipinski definition) is 1. The van der Waals surface area contributed by atoms with Crippen LogP contribution in [0.1, 0.15) is 18.9 Å². The molecule has 0 spiro atoms. The molecule has 0 aliphatic carbocycles. The molecule has 2 nitrogen and oxygen atoms in total. The summed E-state index contributed by atoms with van der Waals surface area (Å²) in [6.45, 7) is 4.29. The summed E-state index contributed by atoms with van der Waals surface area (Å²) in [5.74, 6) is 0.719. The summed E-state index contributed by atoms with van der Waals surface area (Å²) in [4.78, 5) is 1.01. The van der Waals surface area contributed by atoms with Crippen LogP contribution in [0.5, 0.6) is 0 Å². The lowest BCUT2D eigenvalue weighted by atomic mass is 10.2. The van der Waals surface area contributed by atoms with Crippen LogP contribution in [0.2, 0.25) is 0 Å². The fourth-order valence-corrected chi connectivity index (χ4v) is 2.46. The van der Waals surface area contributed by atoms with E-state index in [-0.39, 0.29) is 5.82 Å². The Morgan fingerprint density at radius 3 is 2.94 bits per heavy atom. The highest BCUT2D eigenvalue weighted by atomic mass is 32.2. The summed E-state index contributed by atoms with van der Waals surface area (Å²) in [7, 11) is 1.68. The van der Waals surface area contributed by atoms with Gasteiger partial charge >= 0.3 is 0 Å². The number of rotatable bonds is 8. The average Bonchev–Trinajstić information content (AvgIpc) is 2.33. The molecule has 0 fully saturated rings. The van der Waals surface area contributed by atoms with Crippen molar-refractivity contribution >= 4 is 11.8 Å². The molecule has 1 rings (SSSR count). The summed E-state index contributed by atoms with van der Waals surface area (Å²) in [5.41, 5.74) is 0.766. The molecule has 0 aliphatic rings. The molecule has 0 radical (unpaired) electrons. The zero-order chi connectivity index (χ0) is 12.5. The first kappa shape index (κ1) is 14.5. The van der Waals surface area contributed by atoms with E-state index in [0.717, 1.165) is 29.2 Å². The van der Waals surface area contributed by atoms with E-state index < -0.39 is 0 Å². The van der Waals surface area contributed by atoms with Gasteiger partial charge < -0.3 is 10.1 Å². The van der Waals surface area contributed by atoms with E-state index in [1.54, 1.807) is 24.9 Å². The molecule has 17 heavy (non-hydrogen) atoms. The lowest BCUT2D eigenvalue weighted by Gasteiger charge is -2.10. The van der Waals surface area contributed by atoms with Crippen LogP contribution in [0.25, 0.3) is 0 Å². The van der Waals surface area contributed by atoms with Gasteiger partial charge in [-0.3, -0.25) is 0 Å². The fraction of sp³-hybridized carbons (Fsp3) is 0.538. The summed E-state index contributed by atoms with van der Waals surface area (Å²) in [6, 6.07) is 5.24. The lowest BCUT2D eigenvalue weighted by Crippen LogP contribution is -2.15. The van der Waals surface area contributed by atoms with Gasteiger partial charge in [-0.15, -0.1) is 11.8 Å². The minimum Gasteiger partial charge on any atom is -0.384 e. The van der Waals surface area contributed by atoms with E-state index in [1.165, 1.54) is 6.07 Å². The largest absolute Gasteiger partial charge is 0.384 e. The van der Waals surface area contributed by atoms with Crippen LogP contribution in [0.4, 0.5) is 4.39 Å². The van der Waals surface area contributed by atoms with Gasteiger partial charge in [0.25, 0.3) is 0 Å². The number of hydrogen-bond acceptors (Lipinski definition) is 3. The van der Waals surface area contributed by atoms with Crippen LogP contribution in [-0.2, 0) is 11.3 Å². The Balaban J connectivity index is 2.63. The molecular weight excluding hydrogens is 237 g/mol. The van der Waals surface area contributed by atoms with Crippen molar-refractivity contribution in [1.82, 2.24) is 5.32 Å². The number of methoxy groups -OCH3 is 1. The van der Waals surface area contributed by atoms with E-state index in [2.05, 4.69) is 12.2 Å². The van der Waals surface area contributed by atoms with E-state index in [4.69, 9.17) is 4.74 Å². The zero-order valence-electron chi connectivity index (χ0n) is 10.5. The fourth-order valence-electron chi connectivity index (χ4n) is 1.47. The zero-order valence-corrected chi connectivity index (χ0v) is 11.3. The maximum atomic E-state index is 13.7. The molecule has 0 bridgehead atoms. The molecule has 1 N–H and O–H groups in total. The van der Waals surface area contributed by atoms with E-state index in [1.807, 2.05) is 6.07 Å². The van der Waals surface area contributed by atoms with Crippen LogP contribution in [0.15, 0.2) is 23.1 Å². The van der Waals surface area contributed by atoms with Gasteiger partial charge in [0.1, 0.15) is 5.82 Å². The molecule has 0 aliphatic heterocycles. The molecule has 0 heterocycles. The van der Waals surface area contributed by atoms with E-state index >= 15 is 0 Å². The van der Waals surface area contributed by atoms with Gasteiger partial charge in [0.15, 0.2) is 0 Å². The highest BCUT2D eigenvalue weighted by Gasteiger charge is 2.08. The Bertz CT molecular complexity index is 333. The molecule has 96 valence electrons. The first-order valence-electron chi connectivity index (χ1n) is 5.89. The van der Waals surface area contributed by atoms with Crippen molar-refractivity contribution in [3.05, 3.63) is 29.6 Å². The number of halogens is 1. The molecule has 0 amide bonds. The topological polar surface area (TPSA) is 21.3 Å². The highest BCUT2D eigenvalue weighted by molar-refractivity contribution is 7.99. The third-order valence-corrected chi connectivity index (χ3v) is 3.41. The summed E-state index contributed by atoms with van der Waals surface area (Å²) in [6.07, 6.45) is 1.06. The first-order valence-corrected chi connectivity index (χ1v) is 6.88. The predicted octanol–water partition coefficient (Wildman–Crippen LogP) is 3.06. The average molecular weight is 257 g/mol. The minimum atomic E-state index is -0.129. The van der Waals surface area contributed by atoms with Gasteiger partial charge in [0.05, 0.1) is 6.61 Å². The van der Waals surface area contributed by atoms with Crippen molar-refractivity contribution in [2.45, 2.75) is 24.8 Å². The van der Waals surface area contributed by atoms with Crippen LogP contribution in [0.3, 0.4) is 0 Å². The molecule has 1 aromatic rings. The molecule has 0 aromatic heterocycles. The smallest absolute Gasteiger partial charge is 0.128 e. The van der Waals surface area contributed by atoms with Gasteiger partial charge in [-0.2, -0.15) is 0 Å². The van der Waals surface area contributed by atoms with Gasteiger partial charge in [0.2, 0.25) is 0 Å². The second-order valence-electron chi connectivity index (χ2n) is 3.73. The molecule has 0 atom stereocenters. The third kappa shape index (κ3) is 5.06. The van der Waals surface area contributed by atoms with E-state index in [9.17, 15) is 4.39 Å². The monoisotopic (exact) mass is 257 g/mol. The lowest BCUT2D eigenvalue weighted by molar-refractivity contribution is 0.218. The molecule has 4 heteroatoms. The molecule has 0 saturated heterocycles. The molecular formula is C13H20FNOS. The van der Waals surface area contributed by atoms with Crippen molar-refractivity contribution in [1.29, 1.82) is 0 Å². The van der Waals surface area contributed by atoms with Gasteiger partial charge in [-0.1, -0.05) is 13.0 Å². The summed E-state index contributed by atoms with van der Waals surface area (Å²) < 4.78 is 18.7. The van der Waals surface area contributed by atoms with Crippen molar-refractivity contribution in [2.24, 2.45) is 0 Å². The standard InChI is InChI=1S/C13H20FNOS/c1-3-7-15-10-11-12(14)5-4-6-13(11)17-9-8-16-2/h4-6,15H,3,7-10H2,1-2H3. The van der Waals surface area contributed by atoms with E-state index in [0.29, 0.717) is 13.2 Å². The second-order valence-corrected chi connectivity index (χ2v) is 4.87. The van der Waals surface area contributed by atoms with Crippen molar-refractivity contribution in [3.63, 3.8) is 0 Å². The Hall–Kier alpha value is -0.580. The maximum absolute atomic E-state index is 13.7. The number of benzene rings is 1. The van der Waals surface area contributed by atoms with Crippen LogP contribution < -0.4 is 5.32 Å². The molecule has 0 unspecified atom stereocenters. The van der Waals surface area contributed by atoms with Crippen LogP contribution >= 0.6 is 11.8 Å². The number of nitrogens with one attached hydrogen (secondary N) is 1. The minimum absolute atomic E-state index is 0.129. The van der Waals surface area contributed by atoms with Crippen molar-refractivity contribution < 1.29 is 9.13 Å². The SMILES string of the molecule is CCCNCc1c(F)cccc1SCCOC. The van der Waals surface area contributed by atoms with Gasteiger partial charge in [0, 0.05) is 29.9 Å². The Morgan fingerprint density at radius 2 is 2.24 bits per heavy atom. The van der Waals surface area contributed by atoms with Gasteiger partial charge in [-0.05, 0) is 25.1 Å². The van der Waals surface area contributed by atoms with Crippen LogP contribution in [0, 0.1) is 5.82 Å². The Kier molecular flexibility index (Phi) is 7.24. The Labute approximate surface area is 107 Å². The summed E-state index contributed by atoms with van der Waals surface area (Å²) in [5, 5.41) is 3.24. The normalized spacial score (nSPS) is 10.8. The third-order valence-electron chi connectivity index (χ3n) is 2.35. The quantitative estimate of drug-likeness (QED) is 0.571.